The number of nitrogens with zero attached hydrogens (tertiary/aromatic N) is 2. The molecule has 0 amide bonds. The Hall–Kier alpha value is -6.52. The lowest BCUT2D eigenvalue weighted by Crippen LogP contribution is -2.28. The maximum absolute atomic E-state index is 6.71. The second-order valence-corrected chi connectivity index (χ2v) is 12.5. The summed E-state index contributed by atoms with van der Waals surface area (Å²) in [5, 5.41) is 1.01. The Labute approximate surface area is 283 Å². The minimum absolute atomic E-state index is 0.508. The van der Waals surface area contributed by atoms with Crippen molar-refractivity contribution in [2.75, 3.05) is 0 Å². The number of hydrogen-bond donors (Lipinski definition) is 0. The summed E-state index contributed by atoms with van der Waals surface area (Å²) in [7, 11) is 0. The fourth-order valence-electron chi connectivity index (χ4n) is 7.72. The van der Waals surface area contributed by atoms with E-state index >= 15 is 0 Å². The van der Waals surface area contributed by atoms with Crippen LogP contribution in [0.3, 0.4) is 0 Å². The van der Waals surface area contributed by atoms with Gasteiger partial charge in [-0.05, 0) is 74.8 Å². The van der Waals surface area contributed by atoms with E-state index in [-0.39, 0.29) is 0 Å². The smallest absolute Gasteiger partial charge is 0.170 e. The van der Waals surface area contributed by atoms with Gasteiger partial charge in [-0.15, -0.1) is 0 Å². The summed E-state index contributed by atoms with van der Waals surface area (Å²) in [6, 6.07) is 57.0. The quantitative estimate of drug-likeness (QED) is 0.195. The number of hydrogen-bond acceptors (Lipinski definition) is 4. The molecule has 0 unspecified atom stereocenters. The standard InChI is InChI=1S/C45H28N2O2/c1-3-14-31(15-4-1)45(32-16-5-2-6-17-32)37-21-11-10-19-34(37)36-26-42-43(27-38(36)45)48-40-24-23-29(25-41(40)49-42)33-18-8-9-20-35(33)44-46-28-30-13-7-12-22-39(30)47-44/h1-28H. The van der Waals surface area contributed by atoms with E-state index in [1.165, 1.54) is 27.8 Å². The summed E-state index contributed by atoms with van der Waals surface area (Å²) in [5.74, 6) is 3.43. The Bertz CT molecular complexity index is 2520. The number of aromatic nitrogens is 2. The maximum Gasteiger partial charge on any atom is 0.170 e. The van der Waals surface area contributed by atoms with Crippen LogP contribution in [0.1, 0.15) is 22.3 Å². The molecule has 0 atom stereocenters. The normalized spacial score (nSPS) is 13.4. The van der Waals surface area contributed by atoms with Crippen LogP contribution in [-0.4, -0.2) is 9.97 Å². The third kappa shape index (κ3) is 4.17. The third-order valence-electron chi connectivity index (χ3n) is 9.87. The third-order valence-corrected chi connectivity index (χ3v) is 9.87. The predicted molar refractivity (Wildman–Crippen MR) is 194 cm³/mol. The molecule has 1 aliphatic carbocycles. The fraction of sp³-hybridized carbons (Fsp3) is 0.0222. The topological polar surface area (TPSA) is 44.2 Å². The molecule has 7 aromatic carbocycles. The fourth-order valence-corrected chi connectivity index (χ4v) is 7.72. The summed E-state index contributed by atoms with van der Waals surface area (Å²) in [4.78, 5) is 9.61. The lowest BCUT2D eigenvalue weighted by molar-refractivity contribution is 0.359. The molecule has 0 saturated heterocycles. The van der Waals surface area contributed by atoms with Crippen LogP contribution >= 0.6 is 0 Å². The summed E-state index contributed by atoms with van der Waals surface area (Å²) in [5.41, 5.74) is 10.6. The van der Waals surface area contributed by atoms with Crippen molar-refractivity contribution in [2.45, 2.75) is 5.41 Å². The Morgan fingerprint density at radius 1 is 0.429 bits per heavy atom. The molecule has 230 valence electrons. The van der Waals surface area contributed by atoms with Crippen molar-refractivity contribution in [3.05, 3.63) is 192 Å². The summed E-state index contributed by atoms with van der Waals surface area (Å²) in [6.07, 6.45) is 1.88. The van der Waals surface area contributed by atoms with Gasteiger partial charge < -0.3 is 9.47 Å². The van der Waals surface area contributed by atoms with E-state index in [1.807, 2.05) is 48.7 Å². The molecular weight excluding hydrogens is 601 g/mol. The van der Waals surface area contributed by atoms with E-state index < -0.39 is 5.41 Å². The van der Waals surface area contributed by atoms with Gasteiger partial charge in [0.05, 0.1) is 10.9 Å². The van der Waals surface area contributed by atoms with Crippen LogP contribution < -0.4 is 9.47 Å². The van der Waals surface area contributed by atoms with Crippen molar-refractivity contribution in [2.24, 2.45) is 0 Å². The van der Waals surface area contributed by atoms with Gasteiger partial charge in [0.1, 0.15) is 0 Å². The second kappa shape index (κ2) is 10.8. The summed E-state index contributed by atoms with van der Waals surface area (Å²) >= 11 is 0. The summed E-state index contributed by atoms with van der Waals surface area (Å²) < 4.78 is 13.4. The molecule has 1 aliphatic heterocycles. The van der Waals surface area contributed by atoms with Crippen LogP contribution in [0.15, 0.2) is 170 Å². The number of ether oxygens (including phenoxy) is 2. The van der Waals surface area contributed by atoms with Crippen molar-refractivity contribution in [1.82, 2.24) is 9.97 Å². The molecule has 2 heterocycles. The van der Waals surface area contributed by atoms with E-state index in [4.69, 9.17) is 19.4 Å². The van der Waals surface area contributed by atoms with Crippen molar-refractivity contribution in [3.63, 3.8) is 0 Å². The zero-order valence-electron chi connectivity index (χ0n) is 26.4. The first kappa shape index (κ1) is 27.6. The molecule has 2 aliphatic rings. The molecule has 0 N–H and O–H groups in total. The van der Waals surface area contributed by atoms with Gasteiger partial charge in [0.15, 0.2) is 28.8 Å². The van der Waals surface area contributed by atoms with Crippen LogP contribution in [0.5, 0.6) is 23.0 Å². The van der Waals surface area contributed by atoms with Gasteiger partial charge in [0.25, 0.3) is 0 Å². The van der Waals surface area contributed by atoms with Crippen LogP contribution in [0, 0.1) is 0 Å². The van der Waals surface area contributed by atoms with E-state index in [1.54, 1.807) is 0 Å². The number of fused-ring (bicyclic) bond motifs is 6. The van der Waals surface area contributed by atoms with Crippen molar-refractivity contribution in [1.29, 1.82) is 0 Å². The largest absolute Gasteiger partial charge is 0.450 e. The molecule has 49 heavy (non-hydrogen) atoms. The Morgan fingerprint density at radius 2 is 1.04 bits per heavy atom. The highest BCUT2D eigenvalue weighted by atomic mass is 16.6. The van der Waals surface area contributed by atoms with E-state index in [0.29, 0.717) is 28.8 Å². The minimum atomic E-state index is -0.508. The molecule has 4 nitrogen and oxygen atoms in total. The average molecular weight is 629 g/mol. The van der Waals surface area contributed by atoms with Gasteiger partial charge >= 0.3 is 0 Å². The van der Waals surface area contributed by atoms with Crippen molar-refractivity contribution in [3.8, 4) is 56.6 Å². The van der Waals surface area contributed by atoms with Gasteiger partial charge in [-0.25, -0.2) is 9.97 Å². The monoisotopic (exact) mass is 628 g/mol. The SMILES string of the molecule is c1ccc(C2(c3ccccc3)c3ccccc3-c3cc4c(cc32)Oc2ccc(-c3ccccc3-c3ncc5ccccc5n3)cc2O4)cc1. The van der Waals surface area contributed by atoms with Gasteiger partial charge in [0, 0.05) is 17.1 Å². The number of para-hydroxylation sites is 1. The molecular formula is C45H28N2O2. The van der Waals surface area contributed by atoms with Crippen LogP contribution in [0.4, 0.5) is 0 Å². The molecule has 4 heteroatoms. The first-order chi connectivity index (χ1) is 24.3. The summed E-state index contributed by atoms with van der Waals surface area (Å²) in [6.45, 7) is 0. The van der Waals surface area contributed by atoms with Crippen LogP contribution in [0.2, 0.25) is 0 Å². The van der Waals surface area contributed by atoms with Gasteiger partial charge in [0.2, 0.25) is 0 Å². The highest BCUT2D eigenvalue weighted by Gasteiger charge is 2.47. The number of benzene rings is 7. The molecule has 8 aromatic rings. The predicted octanol–water partition coefficient (Wildman–Crippen LogP) is 11.2. The van der Waals surface area contributed by atoms with Gasteiger partial charge in [-0.3, -0.25) is 0 Å². The minimum Gasteiger partial charge on any atom is -0.450 e. The molecule has 1 aromatic heterocycles. The Morgan fingerprint density at radius 3 is 1.84 bits per heavy atom. The first-order valence-corrected chi connectivity index (χ1v) is 16.5. The average Bonchev–Trinajstić information content (AvgIpc) is 3.46. The van der Waals surface area contributed by atoms with Crippen molar-refractivity contribution < 1.29 is 9.47 Å². The molecule has 0 radical (unpaired) electrons. The number of rotatable bonds is 4. The lowest BCUT2D eigenvalue weighted by Gasteiger charge is -2.34. The molecule has 10 rings (SSSR count). The molecule has 0 fully saturated rings. The highest BCUT2D eigenvalue weighted by Crippen LogP contribution is 2.59. The maximum atomic E-state index is 6.71. The van der Waals surface area contributed by atoms with Gasteiger partial charge in [-0.1, -0.05) is 133 Å². The van der Waals surface area contributed by atoms with E-state index in [9.17, 15) is 0 Å². The Balaban J connectivity index is 1.10. The van der Waals surface area contributed by atoms with Crippen molar-refractivity contribution >= 4 is 10.9 Å². The lowest BCUT2D eigenvalue weighted by atomic mass is 9.67. The van der Waals surface area contributed by atoms with Gasteiger partial charge in [-0.2, -0.15) is 0 Å². The first-order valence-electron chi connectivity index (χ1n) is 16.5. The zero-order chi connectivity index (χ0) is 32.4. The van der Waals surface area contributed by atoms with E-state index in [2.05, 4.69) is 121 Å². The zero-order valence-corrected chi connectivity index (χ0v) is 26.4. The second-order valence-electron chi connectivity index (χ2n) is 12.5. The molecule has 0 bridgehead atoms. The van der Waals surface area contributed by atoms with E-state index in [0.717, 1.165) is 33.2 Å². The van der Waals surface area contributed by atoms with Crippen LogP contribution in [0.25, 0.3) is 44.5 Å². The Kier molecular flexibility index (Phi) is 6.06. The van der Waals surface area contributed by atoms with Crippen LogP contribution in [-0.2, 0) is 5.41 Å². The highest BCUT2D eigenvalue weighted by molar-refractivity contribution is 5.89. The molecule has 0 saturated carbocycles. The molecule has 0 spiro atoms.